The first-order chi connectivity index (χ1) is 10.3. The molecule has 104 valence electrons. The van der Waals surface area contributed by atoms with E-state index < -0.39 is 0 Å². The number of benzene rings is 2. The van der Waals surface area contributed by atoms with Crippen molar-refractivity contribution in [3.63, 3.8) is 0 Å². The molecular weight excluding hydrogens is 274 g/mol. The summed E-state index contributed by atoms with van der Waals surface area (Å²) >= 11 is 1.87. The average Bonchev–Trinajstić information content (AvgIpc) is 2.86. The van der Waals surface area contributed by atoms with E-state index in [-0.39, 0.29) is 0 Å². The molecule has 1 aliphatic carbocycles. The van der Waals surface area contributed by atoms with Crippen molar-refractivity contribution >= 4 is 33.2 Å². The molecule has 2 N–H and O–H groups in total. The molecule has 1 aliphatic rings. The van der Waals surface area contributed by atoms with E-state index in [1.54, 1.807) is 0 Å². The largest absolute Gasteiger partial charge is 0.399 e. The van der Waals surface area contributed by atoms with Gasteiger partial charge in [0.25, 0.3) is 0 Å². The Labute approximate surface area is 128 Å². The maximum absolute atomic E-state index is 5.96. The van der Waals surface area contributed by atoms with Crippen LogP contribution >= 0.6 is 11.3 Å². The van der Waals surface area contributed by atoms with Crippen LogP contribution in [0.5, 0.6) is 0 Å². The van der Waals surface area contributed by atoms with Crippen molar-refractivity contribution < 1.29 is 0 Å². The summed E-state index contributed by atoms with van der Waals surface area (Å²) in [4.78, 5) is 1.40. The van der Waals surface area contributed by atoms with Crippen molar-refractivity contribution in [2.45, 2.75) is 12.8 Å². The Kier molecular flexibility index (Phi) is 3.04. The SMILES string of the molecule is Nc1ccc2sc3c(c2c1)CC(Cc1ccccc1)C=C3. The molecule has 2 aromatic carbocycles. The van der Waals surface area contributed by atoms with Gasteiger partial charge < -0.3 is 5.73 Å². The van der Waals surface area contributed by atoms with Crippen LogP contribution in [-0.4, -0.2) is 0 Å². The third-order valence-corrected chi connectivity index (χ3v) is 5.35. The summed E-state index contributed by atoms with van der Waals surface area (Å²) in [6, 6.07) is 17.0. The molecule has 1 aromatic heterocycles. The highest BCUT2D eigenvalue weighted by Crippen LogP contribution is 2.38. The van der Waals surface area contributed by atoms with Crippen LogP contribution in [0.1, 0.15) is 16.0 Å². The van der Waals surface area contributed by atoms with Crippen molar-refractivity contribution in [2.24, 2.45) is 5.92 Å². The third-order valence-electron chi connectivity index (χ3n) is 4.17. The molecule has 0 spiro atoms. The Morgan fingerprint density at radius 2 is 1.95 bits per heavy atom. The molecule has 3 aromatic rings. The van der Waals surface area contributed by atoms with Gasteiger partial charge in [0.2, 0.25) is 0 Å². The van der Waals surface area contributed by atoms with Crippen LogP contribution in [0.15, 0.2) is 54.6 Å². The van der Waals surface area contributed by atoms with Gasteiger partial charge in [-0.3, -0.25) is 0 Å². The fraction of sp³-hybridized carbons (Fsp3) is 0.158. The Hall–Kier alpha value is -2.06. The Morgan fingerprint density at radius 1 is 1.10 bits per heavy atom. The van der Waals surface area contributed by atoms with Crippen LogP contribution in [0.2, 0.25) is 0 Å². The summed E-state index contributed by atoms with van der Waals surface area (Å²) < 4.78 is 1.35. The normalized spacial score (nSPS) is 17.0. The van der Waals surface area contributed by atoms with Gasteiger partial charge in [-0.1, -0.05) is 36.4 Å². The number of nitrogens with two attached hydrogens (primary N) is 1. The van der Waals surface area contributed by atoms with Gasteiger partial charge in [0.05, 0.1) is 0 Å². The van der Waals surface area contributed by atoms with Crippen LogP contribution in [0.25, 0.3) is 16.2 Å². The lowest BCUT2D eigenvalue weighted by molar-refractivity contribution is 0.644. The highest BCUT2D eigenvalue weighted by Gasteiger charge is 2.19. The Morgan fingerprint density at radius 3 is 2.81 bits per heavy atom. The molecule has 4 rings (SSSR count). The summed E-state index contributed by atoms with van der Waals surface area (Å²) in [6.45, 7) is 0. The molecule has 1 nitrogen and oxygen atoms in total. The standard InChI is InChI=1S/C19H17NS/c20-15-7-9-19-17(12-15)16-11-14(6-8-18(16)21-19)10-13-4-2-1-3-5-13/h1-9,12,14H,10-11,20H2. The van der Waals surface area contributed by atoms with Crippen molar-refractivity contribution in [1.82, 2.24) is 0 Å². The van der Waals surface area contributed by atoms with E-state index in [2.05, 4.69) is 54.6 Å². The van der Waals surface area contributed by atoms with Crippen LogP contribution in [-0.2, 0) is 12.8 Å². The molecule has 1 atom stereocenters. The van der Waals surface area contributed by atoms with Gasteiger partial charge in [0.15, 0.2) is 0 Å². The second kappa shape index (κ2) is 5.05. The van der Waals surface area contributed by atoms with E-state index >= 15 is 0 Å². The molecule has 21 heavy (non-hydrogen) atoms. The van der Waals surface area contributed by atoms with Gasteiger partial charge in [-0.25, -0.2) is 0 Å². The summed E-state index contributed by atoms with van der Waals surface area (Å²) in [6.07, 6.45) is 6.89. The van der Waals surface area contributed by atoms with E-state index in [0.29, 0.717) is 5.92 Å². The van der Waals surface area contributed by atoms with Gasteiger partial charge >= 0.3 is 0 Å². The minimum atomic E-state index is 0.583. The smallest absolute Gasteiger partial charge is 0.0353 e. The number of rotatable bonds is 2. The Bertz CT molecular complexity index is 814. The first kappa shape index (κ1) is 12.7. The number of anilines is 1. The van der Waals surface area contributed by atoms with Crippen LogP contribution in [0.4, 0.5) is 5.69 Å². The lowest BCUT2D eigenvalue weighted by Crippen LogP contribution is -2.08. The molecule has 0 saturated carbocycles. The van der Waals surface area contributed by atoms with Crippen LogP contribution < -0.4 is 5.73 Å². The maximum atomic E-state index is 5.96. The monoisotopic (exact) mass is 291 g/mol. The molecule has 0 saturated heterocycles. The predicted octanol–water partition coefficient (Wildman–Crippen LogP) is 4.91. The molecule has 0 radical (unpaired) electrons. The zero-order valence-corrected chi connectivity index (χ0v) is 12.6. The summed E-state index contributed by atoms with van der Waals surface area (Å²) in [5.41, 5.74) is 9.71. The van der Waals surface area contributed by atoms with Gasteiger partial charge in [-0.05, 0) is 59.5 Å². The zero-order valence-electron chi connectivity index (χ0n) is 11.8. The van der Waals surface area contributed by atoms with Crippen LogP contribution in [0, 0.1) is 5.92 Å². The lowest BCUT2D eigenvalue weighted by atomic mass is 9.87. The van der Waals surface area contributed by atoms with Crippen molar-refractivity contribution in [3.8, 4) is 0 Å². The van der Waals surface area contributed by atoms with E-state index in [9.17, 15) is 0 Å². The highest BCUT2D eigenvalue weighted by atomic mass is 32.1. The molecule has 0 fully saturated rings. The second-order valence-corrected chi connectivity index (χ2v) is 6.80. The highest BCUT2D eigenvalue weighted by molar-refractivity contribution is 7.20. The minimum absolute atomic E-state index is 0.583. The topological polar surface area (TPSA) is 26.0 Å². The third kappa shape index (κ3) is 2.36. The van der Waals surface area contributed by atoms with Gasteiger partial charge in [0, 0.05) is 15.3 Å². The molecular formula is C19H17NS. The molecule has 1 heterocycles. The van der Waals surface area contributed by atoms with Crippen LogP contribution in [0.3, 0.4) is 0 Å². The van der Waals surface area contributed by atoms with Crippen molar-refractivity contribution in [1.29, 1.82) is 0 Å². The first-order valence-electron chi connectivity index (χ1n) is 7.32. The fourth-order valence-electron chi connectivity index (χ4n) is 3.14. The maximum Gasteiger partial charge on any atom is 0.0353 e. The second-order valence-electron chi connectivity index (χ2n) is 5.71. The fourth-order valence-corrected chi connectivity index (χ4v) is 4.27. The number of thiophene rings is 1. The lowest BCUT2D eigenvalue weighted by Gasteiger charge is -2.17. The molecule has 1 unspecified atom stereocenters. The summed E-state index contributed by atoms with van der Waals surface area (Å²) in [7, 11) is 0. The number of hydrogen-bond donors (Lipinski definition) is 1. The first-order valence-corrected chi connectivity index (χ1v) is 8.14. The van der Waals surface area contributed by atoms with Crippen molar-refractivity contribution in [2.75, 3.05) is 5.73 Å². The number of nitrogen functional groups attached to an aromatic ring is 1. The molecule has 2 heteroatoms. The van der Waals surface area contributed by atoms with E-state index in [0.717, 1.165) is 18.5 Å². The zero-order chi connectivity index (χ0) is 14.2. The van der Waals surface area contributed by atoms with Gasteiger partial charge in [-0.2, -0.15) is 0 Å². The molecule has 0 bridgehead atoms. The molecule has 0 aliphatic heterocycles. The van der Waals surface area contributed by atoms with E-state index in [1.807, 2.05) is 17.4 Å². The number of hydrogen-bond acceptors (Lipinski definition) is 2. The average molecular weight is 291 g/mol. The summed E-state index contributed by atoms with van der Waals surface area (Å²) in [5.74, 6) is 0.583. The van der Waals surface area contributed by atoms with Gasteiger partial charge in [-0.15, -0.1) is 11.3 Å². The molecule has 0 amide bonds. The quantitative estimate of drug-likeness (QED) is 0.667. The van der Waals surface area contributed by atoms with E-state index in [1.165, 1.54) is 26.1 Å². The minimum Gasteiger partial charge on any atom is -0.399 e. The predicted molar refractivity (Wildman–Crippen MR) is 92.6 cm³/mol. The summed E-state index contributed by atoms with van der Waals surface area (Å²) in [5, 5.41) is 1.34. The Balaban J connectivity index is 1.67. The van der Waals surface area contributed by atoms with Crippen molar-refractivity contribution in [3.05, 3.63) is 70.6 Å². The van der Waals surface area contributed by atoms with Gasteiger partial charge in [0.1, 0.15) is 0 Å². The number of allylic oxidation sites excluding steroid dienone is 1. The number of fused-ring (bicyclic) bond motifs is 3. The van der Waals surface area contributed by atoms with E-state index in [4.69, 9.17) is 5.73 Å².